The van der Waals surface area contributed by atoms with Crippen molar-refractivity contribution in [2.45, 2.75) is 32.4 Å². The van der Waals surface area contributed by atoms with Gasteiger partial charge in [0.2, 0.25) is 0 Å². The number of hydrogen-bond acceptors (Lipinski definition) is 6. The van der Waals surface area contributed by atoms with Crippen molar-refractivity contribution in [3.63, 3.8) is 0 Å². The number of ether oxygens (including phenoxy) is 1. The van der Waals surface area contributed by atoms with Crippen LogP contribution in [0.5, 0.6) is 0 Å². The molecule has 5 rings (SSSR count). The van der Waals surface area contributed by atoms with Crippen molar-refractivity contribution in [1.82, 2.24) is 10.5 Å². The van der Waals surface area contributed by atoms with Crippen molar-refractivity contribution in [2.24, 2.45) is 0 Å². The molecule has 3 N–H and O–H groups in total. The van der Waals surface area contributed by atoms with Gasteiger partial charge in [0, 0.05) is 18.7 Å². The summed E-state index contributed by atoms with van der Waals surface area (Å²) in [5, 5.41) is 19.5. The largest absolute Gasteiger partial charge is 0.481 e. The third kappa shape index (κ3) is 5.10. The average molecular weight is 498 g/mol. The molecule has 0 spiro atoms. The number of aryl methyl sites for hydroxylation is 1. The SMILES string of the molecule is Cc1noc(-c2ccc(-c3ccc4c(c3)CNCC4C(=O)O)cc2)c1NC(=O)OC(C)c1ccccc1. The molecular formula is C29H27N3O5. The maximum Gasteiger partial charge on any atom is 0.412 e. The summed E-state index contributed by atoms with van der Waals surface area (Å²) < 4.78 is 11.1. The molecule has 188 valence electrons. The first-order valence-electron chi connectivity index (χ1n) is 12.1. The first kappa shape index (κ1) is 24.3. The Morgan fingerprint density at radius 2 is 1.76 bits per heavy atom. The van der Waals surface area contributed by atoms with Gasteiger partial charge in [-0.05, 0) is 47.7 Å². The van der Waals surface area contributed by atoms with Gasteiger partial charge in [-0.2, -0.15) is 0 Å². The lowest BCUT2D eigenvalue weighted by atomic mass is 9.88. The number of carbonyl (C=O) groups excluding carboxylic acids is 1. The van der Waals surface area contributed by atoms with Crippen LogP contribution in [-0.4, -0.2) is 28.9 Å². The molecule has 2 atom stereocenters. The van der Waals surface area contributed by atoms with Crippen LogP contribution in [0.3, 0.4) is 0 Å². The fraction of sp³-hybridized carbons (Fsp3) is 0.207. The predicted octanol–water partition coefficient (Wildman–Crippen LogP) is 5.90. The summed E-state index contributed by atoms with van der Waals surface area (Å²) in [6.45, 7) is 4.63. The van der Waals surface area contributed by atoms with Crippen LogP contribution in [0.4, 0.5) is 10.5 Å². The summed E-state index contributed by atoms with van der Waals surface area (Å²) in [6, 6.07) is 23.1. The number of amides is 1. The first-order valence-corrected chi connectivity index (χ1v) is 12.1. The van der Waals surface area contributed by atoms with E-state index in [-0.39, 0.29) is 0 Å². The summed E-state index contributed by atoms with van der Waals surface area (Å²) in [5.41, 5.74) is 6.45. The molecule has 0 radical (unpaired) electrons. The molecule has 1 aliphatic rings. The van der Waals surface area contributed by atoms with Gasteiger partial charge < -0.3 is 19.7 Å². The average Bonchev–Trinajstić information content (AvgIpc) is 3.28. The van der Waals surface area contributed by atoms with Crippen LogP contribution in [-0.2, 0) is 16.1 Å². The second-order valence-electron chi connectivity index (χ2n) is 9.07. The topological polar surface area (TPSA) is 114 Å². The van der Waals surface area contributed by atoms with Gasteiger partial charge in [-0.25, -0.2) is 4.79 Å². The first-order chi connectivity index (χ1) is 17.9. The highest BCUT2D eigenvalue weighted by Gasteiger charge is 2.26. The summed E-state index contributed by atoms with van der Waals surface area (Å²) in [5.74, 6) is -0.925. The second kappa shape index (κ2) is 10.3. The predicted molar refractivity (Wildman–Crippen MR) is 139 cm³/mol. The minimum absolute atomic E-state index is 0.415. The fourth-order valence-corrected chi connectivity index (χ4v) is 4.57. The molecule has 1 aromatic heterocycles. The van der Waals surface area contributed by atoms with Gasteiger partial charge in [-0.3, -0.25) is 10.1 Å². The van der Waals surface area contributed by atoms with Crippen molar-refractivity contribution in [3.8, 4) is 22.5 Å². The van der Waals surface area contributed by atoms with Gasteiger partial charge >= 0.3 is 12.1 Å². The lowest BCUT2D eigenvalue weighted by Gasteiger charge is -2.24. The Morgan fingerprint density at radius 1 is 1.05 bits per heavy atom. The zero-order chi connectivity index (χ0) is 25.9. The van der Waals surface area contributed by atoms with Gasteiger partial charge in [0.1, 0.15) is 17.5 Å². The molecule has 8 heteroatoms. The number of nitrogens with one attached hydrogen (secondary N) is 2. The second-order valence-corrected chi connectivity index (χ2v) is 9.07. The van der Waals surface area contributed by atoms with Gasteiger partial charge in [0.15, 0.2) is 5.76 Å². The Balaban J connectivity index is 1.33. The lowest BCUT2D eigenvalue weighted by Crippen LogP contribution is -2.32. The van der Waals surface area contributed by atoms with E-state index in [1.165, 1.54) is 0 Å². The molecule has 1 amide bonds. The fourth-order valence-electron chi connectivity index (χ4n) is 4.57. The molecule has 3 aromatic carbocycles. The van der Waals surface area contributed by atoms with E-state index in [0.29, 0.717) is 30.2 Å². The van der Waals surface area contributed by atoms with Crippen molar-refractivity contribution in [1.29, 1.82) is 0 Å². The summed E-state index contributed by atoms with van der Waals surface area (Å²) in [7, 11) is 0. The number of hydrogen-bond donors (Lipinski definition) is 3. The van der Waals surface area contributed by atoms with E-state index in [0.717, 1.165) is 33.4 Å². The van der Waals surface area contributed by atoms with E-state index in [9.17, 15) is 14.7 Å². The quantitative estimate of drug-likeness (QED) is 0.304. The van der Waals surface area contributed by atoms with Crippen LogP contribution in [0.25, 0.3) is 22.5 Å². The van der Waals surface area contributed by atoms with Crippen molar-refractivity contribution >= 4 is 17.7 Å². The standard InChI is InChI=1S/C29H27N3O5/c1-17-26(31-29(35)36-18(2)19-6-4-3-5-7-19)27(37-32-17)21-10-8-20(9-11-21)22-12-13-24-23(14-22)15-30-16-25(24)28(33)34/h3-14,18,25,30H,15-16H2,1-2H3,(H,31,35)(H,33,34). The smallest absolute Gasteiger partial charge is 0.412 e. The highest BCUT2D eigenvalue weighted by atomic mass is 16.6. The van der Waals surface area contributed by atoms with Crippen LogP contribution in [0.15, 0.2) is 77.3 Å². The summed E-state index contributed by atoms with van der Waals surface area (Å²) in [6.07, 6.45) is -1.01. The van der Waals surface area contributed by atoms with Gasteiger partial charge in [-0.15, -0.1) is 0 Å². The number of aromatic nitrogens is 1. The van der Waals surface area contributed by atoms with Crippen LogP contribution in [0.2, 0.25) is 0 Å². The maximum absolute atomic E-state index is 12.6. The minimum atomic E-state index is -0.823. The number of carbonyl (C=O) groups is 2. The van der Waals surface area contributed by atoms with Crippen molar-refractivity contribution in [2.75, 3.05) is 11.9 Å². The molecule has 0 saturated carbocycles. The van der Waals surface area contributed by atoms with Gasteiger partial charge in [0.25, 0.3) is 0 Å². The highest BCUT2D eigenvalue weighted by Crippen LogP contribution is 2.34. The molecular weight excluding hydrogens is 470 g/mol. The number of rotatable bonds is 6. The van der Waals surface area contributed by atoms with E-state index >= 15 is 0 Å². The van der Waals surface area contributed by atoms with Crippen LogP contribution >= 0.6 is 0 Å². The normalized spacial score (nSPS) is 15.5. The molecule has 0 aliphatic carbocycles. The maximum atomic E-state index is 12.6. The molecule has 2 heterocycles. The Hall–Kier alpha value is -4.43. The number of nitrogens with zero attached hydrogens (tertiary/aromatic N) is 1. The molecule has 37 heavy (non-hydrogen) atoms. The van der Waals surface area contributed by atoms with E-state index < -0.39 is 24.1 Å². The Kier molecular flexibility index (Phi) is 6.74. The minimum Gasteiger partial charge on any atom is -0.481 e. The number of fused-ring (bicyclic) bond motifs is 1. The van der Waals surface area contributed by atoms with E-state index in [1.54, 1.807) is 6.92 Å². The van der Waals surface area contributed by atoms with E-state index in [2.05, 4.69) is 15.8 Å². The number of carboxylic acid groups (broad SMARTS) is 1. The summed E-state index contributed by atoms with van der Waals surface area (Å²) in [4.78, 5) is 24.2. The Bertz CT molecular complexity index is 1430. The van der Waals surface area contributed by atoms with Gasteiger partial charge in [-0.1, -0.05) is 71.9 Å². The monoisotopic (exact) mass is 497 g/mol. The zero-order valence-corrected chi connectivity index (χ0v) is 20.5. The molecule has 0 fully saturated rings. The van der Waals surface area contributed by atoms with E-state index in [1.807, 2.05) is 79.7 Å². The molecule has 8 nitrogen and oxygen atoms in total. The number of carboxylic acids is 1. The molecule has 2 unspecified atom stereocenters. The van der Waals surface area contributed by atoms with Gasteiger partial charge in [0.05, 0.1) is 5.92 Å². The van der Waals surface area contributed by atoms with E-state index in [4.69, 9.17) is 9.26 Å². The van der Waals surface area contributed by atoms with Crippen molar-refractivity contribution in [3.05, 3.63) is 95.2 Å². The third-order valence-corrected chi connectivity index (χ3v) is 6.60. The van der Waals surface area contributed by atoms with Crippen molar-refractivity contribution < 1.29 is 24.0 Å². The molecule has 0 bridgehead atoms. The summed E-state index contributed by atoms with van der Waals surface area (Å²) >= 11 is 0. The molecule has 1 aliphatic heterocycles. The molecule has 4 aromatic rings. The third-order valence-electron chi connectivity index (χ3n) is 6.60. The number of aliphatic carboxylic acids is 1. The lowest BCUT2D eigenvalue weighted by molar-refractivity contribution is -0.138. The highest BCUT2D eigenvalue weighted by molar-refractivity contribution is 5.91. The van der Waals surface area contributed by atoms with Crippen LogP contribution in [0.1, 0.15) is 41.3 Å². The number of anilines is 1. The Labute approximate surface area is 214 Å². The zero-order valence-electron chi connectivity index (χ0n) is 20.5. The Morgan fingerprint density at radius 3 is 2.49 bits per heavy atom. The molecule has 0 saturated heterocycles. The van der Waals surface area contributed by atoms with Crippen LogP contribution in [0, 0.1) is 6.92 Å². The van der Waals surface area contributed by atoms with Crippen LogP contribution < -0.4 is 10.6 Å². The number of benzene rings is 3.